The van der Waals surface area contributed by atoms with E-state index in [0.29, 0.717) is 24.2 Å². The number of fused-ring (bicyclic) bond motifs is 1. The molecule has 1 heterocycles. The fourth-order valence-corrected chi connectivity index (χ4v) is 4.92. The first-order valence-electron chi connectivity index (χ1n) is 7.55. The molecule has 0 radical (unpaired) electrons. The molecule has 1 N–H and O–H groups in total. The predicted molar refractivity (Wildman–Crippen MR) is 90.2 cm³/mol. The van der Waals surface area contributed by atoms with Gasteiger partial charge < -0.3 is 9.67 Å². The summed E-state index contributed by atoms with van der Waals surface area (Å²) in [5, 5.41) is 9.44. The third-order valence-electron chi connectivity index (χ3n) is 4.00. The van der Waals surface area contributed by atoms with E-state index in [9.17, 15) is 13.6 Å². The van der Waals surface area contributed by atoms with Gasteiger partial charge in [-0.3, -0.25) is 4.79 Å². The predicted octanol–water partition coefficient (Wildman–Crippen LogP) is 4.11. The van der Waals surface area contributed by atoms with Crippen LogP contribution >= 0.6 is 21.6 Å². The molecule has 1 aliphatic rings. The SMILES string of the molecule is O=C(O)CCSSc1nccn1C1CCc2cc(F)cc(F)c2C1. The highest BCUT2D eigenvalue weighted by atomic mass is 33.1. The first kappa shape index (κ1) is 17.3. The number of carboxylic acid groups (broad SMARTS) is 1. The van der Waals surface area contributed by atoms with Crippen LogP contribution in [-0.2, 0) is 17.6 Å². The number of halogens is 2. The summed E-state index contributed by atoms with van der Waals surface area (Å²) in [7, 11) is 2.87. The van der Waals surface area contributed by atoms with E-state index in [1.807, 2.05) is 10.8 Å². The van der Waals surface area contributed by atoms with Crippen molar-refractivity contribution in [3.8, 4) is 0 Å². The summed E-state index contributed by atoms with van der Waals surface area (Å²) < 4.78 is 29.4. The molecule has 24 heavy (non-hydrogen) atoms. The molecule has 0 saturated heterocycles. The third kappa shape index (κ3) is 3.92. The van der Waals surface area contributed by atoms with Gasteiger partial charge in [0.1, 0.15) is 11.6 Å². The summed E-state index contributed by atoms with van der Waals surface area (Å²) in [5.41, 5.74) is 1.32. The van der Waals surface area contributed by atoms with E-state index in [2.05, 4.69) is 4.98 Å². The number of aliphatic carboxylic acids is 1. The number of benzene rings is 1. The number of hydrogen-bond donors (Lipinski definition) is 1. The second-order valence-corrected chi connectivity index (χ2v) is 7.97. The minimum absolute atomic E-state index is 0.0718. The molecule has 3 rings (SSSR count). The van der Waals surface area contributed by atoms with E-state index in [-0.39, 0.29) is 12.5 Å². The normalized spacial score (nSPS) is 16.8. The van der Waals surface area contributed by atoms with Crippen molar-refractivity contribution in [2.75, 3.05) is 5.75 Å². The topological polar surface area (TPSA) is 55.1 Å². The summed E-state index contributed by atoms with van der Waals surface area (Å²) >= 11 is 0. The largest absolute Gasteiger partial charge is 0.481 e. The van der Waals surface area contributed by atoms with Crippen LogP contribution in [0.25, 0.3) is 0 Å². The average Bonchev–Trinajstić information content (AvgIpc) is 2.99. The molecule has 128 valence electrons. The Labute approximate surface area is 146 Å². The lowest BCUT2D eigenvalue weighted by Gasteiger charge is -2.27. The van der Waals surface area contributed by atoms with Crippen LogP contribution < -0.4 is 0 Å². The van der Waals surface area contributed by atoms with E-state index < -0.39 is 17.6 Å². The molecule has 1 aromatic heterocycles. The van der Waals surface area contributed by atoms with Crippen molar-refractivity contribution in [1.29, 1.82) is 0 Å². The Balaban J connectivity index is 1.70. The van der Waals surface area contributed by atoms with Crippen LogP contribution in [0.2, 0.25) is 0 Å². The fourth-order valence-electron chi connectivity index (χ4n) is 2.87. The van der Waals surface area contributed by atoms with Crippen molar-refractivity contribution in [3.05, 3.63) is 47.3 Å². The number of carbonyl (C=O) groups is 1. The Morgan fingerprint density at radius 2 is 2.25 bits per heavy atom. The van der Waals surface area contributed by atoms with Crippen molar-refractivity contribution in [2.24, 2.45) is 0 Å². The Morgan fingerprint density at radius 1 is 1.42 bits per heavy atom. The van der Waals surface area contributed by atoms with Crippen LogP contribution in [0, 0.1) is 11.6 Å². The molecule has 4 nitrogen and oxygen atoms in total. The lowest BCUT2D eigenvalue weighted by Crippen LogP contribution is -2.20. The molecule has 0 amide bonds. The van der Waals surface area contributed by atoms with Gasteiger partial charge in [-0.25, -0.2) is 13.8 Å². The average molecular weight is 370 g/mol. The maximum Gasteiger partial charge on any atom is 0.304 e. The monoisotopic (exact) mass is 370 g/mol. The van der Waals surface area contributed by atoms with Gasteiger partial charge in [-0.15, -0.1) is 0 Å². The molecule has 0 bridgehead atoms. The van der Waals surface area contributed by atoms with Gasteiger partial charge in [-0.05, 0) is 47.2 Å². The van der Waals surface area contributed by atoms with Crippen molar-refractivity contribution in [1.82, 2.24) is 9.55 Å². The number of aromatic nitrogens is 2. The summed E-state index contributed by atoms with van der Waals surface area (Å²) in [6, 6.07) is 2.43. The zero-order chi connectivity index (χ0) is 17.1. The minimum Gasteiger partial charge on any atom is -0.481 e. The third-order valence-corrected chi connectivity index (χ3v) is 6.25. The first-order valence-corrected chi connectivity index (χ1v) is 9.87. The number of hydrogen-bond acceptors (Lipinski definition) is 4. The Hall–Kier alpha value is -1.54. The highest BCUT2D eigenvalue weighted by Gasteiger charge is 2.25. The molecule has 0 fully saturated rings. The maximum atomic E-state index is 14.0. The molecule has 0 aliphatic heterocycles. The molecule has 1 atom stereocenters. The Kier molecular flexibility index (Phi) is 5.45. The van der Waals surface area contributed by atoms with Crippen LogP contribution in [0.5, 0.6) is 0 Å². The van der Waals surface area contributed by atoms with Crippen LogP contribution in [0.1, 0.15) is 30.0 Å². The Bertz CT molecular complexity index is 752. The summed E-state index contributed by atoms with van der Waals surface area (Å²) in [5.74, 6) is -1.34. The van der Waals surface area contributed by atoms with Crippen LogP contribution in [0.15, 0.2) is 29.7 Å². The maximum absolute atomic E-state index is 14.0. The number of rotatable bonds is 6. The van der Waals surface area contributed by atoms with Crippen molar-refractivity contribution in [2.45, 2.75) is 36.9 Å². The van der Waals surface area contributed by atoms with Crippen LogP contribution in [0.4, 0.5) is 8.78 Å². The van der Waals surface area contributed by atoms with Gasteiger partial charge in [-0.2, -0.15) is 0 Å². The standard InChI is InChI=1S/C16H16F2N2O2S2/c17-11-7-10-1-2-12(9-13(10)14(18)8-11)20-5-4-19-16(20)24-23-6-3-15(21)22/h4-5,7-8,12H,1-3,6,9H2,(H,21,22). The molecule has 0 saturated carbocycles. The quantitative estimate of drug-likeness (QED) is 0.613. The summed E-state index contributed by atoms with van der Waals surface area (Å²) in [6.45, 7) is 0. The van der Waals surface area contributed by atoms with Crippen LogP contribution in [0.3, 0.4) is 0 Å². The molecule has 1 unspecified atom stereocenters. The highest BCUT2D eigenvalue weighted by Crippen LogP contribution is 2.36. The van der Waals surface area contributed by atoms with Crippen molar-refractivity contribution >= 4 is 27.6 Å². The molecule has 2 aromatic rings. The van der Waals surface area contributed by atoms with E-state index in [4.69, 9.17) is 5.11 Å². The number of aryl methyl sites for hydroxylation is 1. The molecular weight excluding hydrogens is 354 g/mol. The minimum atomic E-state index is -0.821. The second-order valence-electron chi connectivity index (χ2n) is 5.59. The second kappa shape index (κ2) is 7.57. The van der Waals surface area contributed by atoms with Gasteiger partial charge in [0.2, 0.25) is 0 Å². The first-order chi connectivity index (χ1) is 11.5. The van der Waals surface area contributed by atoms with Gasteiger partial charge in [0, 0.05) is 30.3 Å². The zero-order valence-corrected chi connectivity index (χ0v) is 14.4. The van der Waals surface area contributed by atoms with Crippen molar-refractivity contribution in [3.63, 3.8) is 0 Å². The smallest absolute Gasteiger partial charge is 0.304 e. The van der Waals surface area contributed by atoms with Crippen molar-refractivity contribution < 1.29 is 18.7 Å². The summed E-state index contributed by atoms with van der Waals surface area (Å²) in [6.07, 6.45) is 5.58. The zero-order valence-electron chi connectivity index (χ0n) is 12.7. The molecule has 1 aromatic carbocycles. The number of nitrogens with zero attached hydrogens (tertiary/aromatic N) is 2. The van der Waals surface area contributed by atoms with Gasteiger partial charge >= 0.3 is 5.97 Å². The number of imidazole rings is 1. The summed E-state index contributed by atoms with van der Waals surface area (Å²) in [4.78, 5) is 14.8. The Morgan fingerprint density at radius 3 is 3.04 bits per heavy atom. The van der Waals surface area contributed by atoms with E-state index in [1.165, 1.54) is 27.7 Å². The fraction of sp³-hybridized carbons (Fsp3) is 0.375. The molecule has 8 heteroatoms. The van der Waals surface area contributed by atoms with E-state index in [0.717, 1.165) is 23.2 Å². The molecule has 0 spiro atoms. The van der Waals surface area contributed by atoms with Gasteiger partial charge in [-0.1, -0.05) is 10.8 Å². The lowest BCUT2D eigenvalue weighted by molar-refractivity contribution is -0.136. The molecule has 1 aliphatic carbocycles. The highest BCUT2D eigenvalue weighted by molar-refractivity contribution is 8.76. The lowest BCUT2D eigenvalue weighted by atomic mass is 9.87. The van der Waals surface area contributed by atoms with E-state index in [1.54, 1.807) is 6.20 Å². The van der Waals surface area contributed by atoms with Gasteiger partial charge in [0.05, 0.1) is 6.42 Å². The molecular formula is C16H16F2N2O2S2. The van der Waals surface area contributed by atoms with Crippen LogP contribution in [-0.4, -0.2) is 26.4 Å². The van der Waals surface area contributed by atoms with Gasteiger partial charge in [0.15, 0.2) is 5.16 Å². The number of carboxylic acids is 1. The van der Waals surface area contributed by atoms with Gasteiger partial charge in [0.25, 0.3) is 0 Å². The van der Waals surface area contributed by atoms with E-state index >= 15 is 0 Å².